The first-order chi connectivity index (χ1) is 12.5. The van der Waals surface area contributed by atoms with Gasteiger partial charge in [0, 0.05) is 24.7 Å². The van der Waals surface area contributed by atoms with Gasteiger partial charge in [-0.25, -0.2) is 18.4 Å². The zero-order valence-corrected chi connectivity index (χ0v) is 13.8. The predicted octanol–water partition coefficient (Wildman–Crippen LogP) is 1.94. The molecule has 3 rings (SSSR count). The van der Waals surface area contributed by atoms with E-state index in [4.69, 9.17) is 0 Å². The second-order valence-electron chi connectivity index (χ2n) is 6.02. The molecule has 1 heterocycles. The summed E-state index contributed by atoms with van der Waals surface area (Å²) in [4.78, 5) is 3.82. The summed E-state index contributed by atoms with van der Waals surface area (Å²) >= 11 is 0. The molecule has 0 fully saturated rings. The maximum atomic E-state index is 14.3. The second kappa shape index (κ2) is 7.59. The summed E-state index contributed by atoms with van der Waals surface area (Å²) in [5.41, 5.74) is -0.819. The molecule has 0 aliphatic carbocycles. The van der Waals surface area contributed by atoms with Gasteiger partial charge >= 0.3 is 0 Å². The van der Waals surface area contributed by atoms with E-state index in [1.54, 1.807) is 24.3 Å². The largest absolute Gasteiger partial charge is 0.508 e. The Morgan fingerprint density at radius 3 is 2.54 bits per heavy atom. The normalized spacial score (nSPS) is 13.5. The van der Waals surface area contributed by atoms with Crippen LogP contribution in [0.2, 0.25) is 0 Å². The standard InChI is InChI=1S/C18H18F2N4O2/c19-14-3-6-16(17(20)7-14)18(26,10-24-12-22-11-23-24)9-21-8-13-1-4-15(25)5-2-13/h1-7,11-12,21,25-26H,8-10H2. The maximum absolute atomic E-state index is 14.3. The quantitative estimate of drug-likeness (QED) is 0.600. The third-order valence-electron chi connectivity index (χ3n) is 4.01. The van der Waals surface area contributed by atoms with Crippen molar-refractivity contribution in [3.8, 4) is 5.75 Å². The summed E-state index contributed by atoms with van der Waals surface area (Å²) in [7, 11) is 0. The third-order valence-corrected chi connectivity index (χ3v) is 4.01. The van der Waals surface area contributed by atoms with Crippen LogP contribution in [0.4, 0.5) is 8.78 Å². The number of aliphatic hydroxyl groups is 1. The summed E-state index contributed by atoms with van der Waals surface area (Å²) in [5, 5.41) is 27.4. The van der Waals surface area contributed by atoms with Crippen LogP contribution in [-0.2, 0) is 18.7 Å². The Morgan fingerprint density at radius 1 is 1.12 bits per heavy atom. The van der Waals surface area contributed by atoms with Gasteiger partial charge in [-0.15, -0.1) is 0 Å². The number of aromatic nitrogens is 3. The Balaban J connectivity index is 1.79. The highest BCUT2D eigenvalue weighted by Gasteiger charge is 2.33. The molecule has 3 aromatic rings. The molecule has 0 saturated heterocycles. The van der Waals surface area contributed by atoms with Crippen molar-refractivity contribution in [3.63, 3.8) is 0 Å². The van der Waals surface area contributed by atoms with Gasteiger partial charge in [0.2, 0.25) is 0 Å². The van der Waals surface area contributed by atoms with E-state index in [1.165, 1.54) is 23.4 Å². The molecule has 136 valence electrons. The fourth-order valence-corrected chi connectivity index (χ4v) is 2.71. The number of nitrogens with zero attached hydrogens (tertiary/aromatic N) is 3. The summed E-state index contributed by atoms with van der Waals surface area (Å²) in [5.74, 6) is -1.39. The van der Waals surface area contributed by atoms with Gasteiger partial charge in [0.25, 0.3) is 0 Å². The molecule has 1 atom stereocenters. The van der Waals surface area contributed by atoms with Crippen LogP contribution in [0.3, 0.4) is 0 Å². The summed E-state index contributed by atoms with van der Waals surface area (Å²) in [6, 6.07) is 9.64. The van der Waals surface area contributed by atoms with E-state index in [0.717, 1.165) is 17.7 Å². The van der Waals surface area contributed by atoms with Crippen molar-refractivity contribution in [1.29, 1.82) is 0 Å². The lowest BCUT2D eigenvalue weighted by molar-refractivity contribution is 0.0117. The fourth-order valence-electron chi connectivity index (χ4n) is 2.71. The average Bonchev–Trinajstić information content (AvgIpc) is 3.09. The van der Waals surface area contributed by atoms with Crippen molar-refractivity contribution in [1.82, 2.24) is 20.1 Å². The number of hydrogen-bond acceptors (Lipinski definition) is 5. The van der Waals surface area contributed by atoms with Crippen molar-refractivity contribution >= 4 is 0 Å². The first-order valence-corrected chi connectivity index (χ1v) is 7.95. The first-order valence-electron chi connectivity index (χ1n) is 7.95. The molecule has 0 aliphatic rings. The highest BCUT2D eigenvalue weighted by molar-refractivity contribution is 5.27. The Bertz CT molecular complexity index is 856. The number of phenolic OH excluding ortho intramolecular Hbond substituents is 1. The summed E-state index contributed by atoms with van der Waals surface area (Å²) in [6.45, 7) is 0.331. The average molecular weight is 360 g/mol. The lowest BCUT2D eigenvalue weighted by Crippen LogP contribution is -2.42. The zero-order chi connectivity index (χ0) is 18.6. The van der Waals surface area contributed by atoms with Crippen LogP contribution in [-0.4, -0.2) is 31.5 Å². The Kier molecular flexibility index (Phi) is 5.24. The highest BCUT2D eigenvalue weighted by Crippen LogP contribution is 2.26. The van der Waals surface area contributed by atoms with Crippen LogP contribution >= 0.6 is 0 Å². The lowest BCUT2D eigenvalue weighted by Gasteiger charge is -2.29. The van der Waals surface area contributed by atoms with E-state index >= 15 is 0 Å². The maximum Gasteiger partial charge on any atom is 0.137 e. The second-order valence-corrected chi connectivity index (χ2v) is 6.02. The number of benzene rings is 2. The first kappa shape index (κ1) is 18.0. The minimum atomic E-state index is -1.66. The minimum absolute atomic E-state index is 0.00368. The molecule has 26 heavy (non-hydrogen) atoms. The topological polar surface area (TPSA) is 83.2 Å². The molecule has 3 N–H and O–H groups in total. The molecule has 0 saturated carbocycles. The molecule has 2 aromatic carbocycles. The Morgan fingerprint density at radius 2 is 1.88 bits per heavy atom. The third kappa shape index (κ3) is 4.22. The molecule has 0 bridgehead atoms. The molecule has 1 aromatic heterocycles. The van der Waals surface area contributed by atoms with Gasteiger partial charge in [0.05, 0.1) is 6.54 Å². The van der Waals surface area contributed by atoms with Gasteiger partial charge in [-0.1, -0.05) is 18.2 Å². The zero-order valence-electron chi connectivity index (χ0n) is 13.8. The van der Waals surface area contributed by atoms with E-state index < -0.39 is 17.2 Å². The van der Waals surface area contributed by atoms with Crippen LogP contribution in [0.1, 0.15) is 11.1 Å². The smallest absolute Gasteiger partial charge is 0.137 e. The summed E-state index contributed by atoms with van der Waals surface area (Å²) < 4.78 is 28.9. The molecule has 0 amide bonds. The van der Waals surface area contributed by atoms with Gasteiger partial charge in [0.15, 0.2) is 0 Å². The number of halogens is 2. The van der Waals surface area contributed by atoms with Crippen LogP contribution in [0.15, 0.2) is 55.1 Å². The molecule has 8 heteroatoms. The molecule has 6 nitrogen and oxygen atoms in total. The molecule has 1 unspecified atom stereocenters. The van der Waals surface area contributed by atoms with E-state index in [9.17, 15) is 19.0 Å². The SMILES string of the molecule is Oc1ccc(CNCC(O)(Cn2cncn2)c2ccc(F)cc2F)cc1. The van der Waals surface area contributed by atoms with Crippen LogP contribution in [0.25, 0.3) is 0 Å². The van der Waals surface area contributed by atoms with E-state index in [-0.39, 0.29) is 24.4 Å². The van der Waals surface area contributed by atoms with Gasteiger partial charge in [0.1, 0.15) is 35.6 Å². The Labute approximate surface area is 148 Å². The van der Waals surface area contributed by atoms with E-state index in [1.807, 2.05) is 0 Å². The highest BCUT2D eigenvalue weighted by atomic mass is 19.1. The van der Waals surface area contributed by atoms with Gasteiger partial charge in [-0.3, -0.25) is 0 Å². The minimum Gasteiger partial charge on any atom is -0.508 e. The van der Waals surface area contributed by atoms with Crippen molar-refractivity contribution < 1.29 is 19.0 Å². The number of rotatable bonds is 7. The number of phenols is 1. The predicted molar refractivity (Wildman–Crippen MR) is 90.1 cm³/mol. The Hall–Kier alpha value is -2.84. The molecule has 0 aliphatic heterocycles. The summed E-state index contributed by atoms with van der Waals surface area (Å²) in [6.07, 6.45) is 2.72. The monoisotopic (exact) mass is 360 g/mol. The number of hydrogen-bond donors (Lipinski definition) is 3. The van der Waals surface area contributed by atoms with Crippen LogP contribution in [0, 0.1) is 11.6 Å². The fraction of sp³-hybridized carbons (Fsp3) is 0.222. The van der Waals surface area contributed by atoms with Crippen molar-refractivity contribution in [3.05, 3.63) is 77.9 Å². The van der Waals surface area contributed by atoms with E-state index in [2.05, 4.69) is 15.4 Å². The lowest BCUT2D eigenvalue weighted by atomic mass is 9.92. The molecule has 0 spiro atoms. The number of aromatic hydroxyl groups is 1. The van der Waals surface area contributed by atoms with Crippen LogP contribution in [0.5, 0.6) is 5.75 Å². The van der Waals surface area contributed by atoms with E-state index in [0.29, 0.717) is 6.54 Å². The van der Waals surface area contributed by atoms with Crippen molar-refractivity contribution in [2.75, 3.05) is 6.54 Å². The molecular weight excluding hydrogens is 342 g/mol. The van der Waals surface area contributed by atoms with Crippen LogP contribution < -0.4 is 5.32 Å². The molecule has 0 radical (unpaired) electrons. The van der Waals surface area contributed by atoms with Crippen molar-refractivity contribution in [2.24, 2.45) is 0 Å². The van der Waals surface area contributed by atoms with Crippen molar-refractivity contribution in [2.45, 2.75) is 18.7 Å². The van der Waals surface area contributed by atoms with Gasteiger partial charge < -0.3 is 15.5 Å². The van der Waals surface area contributed by atoms with Gasteiger partial charge in [-0.2, -0.15) is 5.10 Å². The molecular formula is C18H18F2N4O2. The van der Waals surface area contributed by atoms with Gasteiger partial charge in [-0.05, 0) is 23.8 Å². The number of nitrogens with one attached hydrogen (secondary N) is 1.